The molecule has 0 aliphatic carbocycles. The van der Waals surface area contributed by atoms with Crippen molar-refractivity contribution in [1.82, 2.24) is 5.32 Å². The summed E-state index contributed by atoms with van der Waals surface area (Å²) >= 11 is 0. The Kier molecular flexibility index (Phi) is 4.97. The molecule has 18 heavy (non-hydrogen) atoms. The molecule has 0 saturated heterocycles. The first-order chi connectivity index (χ1) is 8.58. The van der Waals surface area contributed by atoms with E-state index in [9.17, 15) is 4.79 Å². The molecule has 5 heteroatoms. The van der Waals surface area contributed by atoms with Crippen molar-refractivity contribution < 1.29 is 19.0 Å². The number of aryl methyl sites for hydroxylation is 1. The van der Waals surface area contributed by atoms with E-state index in [1.54, 1.807) is 27.3 Å². The van der Waals surface area contributed by atoms with Crippen LogP contribution >= 0.6 is 0 Å². The Morgan fingerprint density at radius 3 is 2.33 bits per heavy atom. The highest BCUT2D eigenvalue weighted by molar-refractivity contribution is 5.79. The molecule has 1 aromatic rings. The van der Waals surface area contributed by atoms with Gasteiger partial charge in [-0.25, -0.2) is 4.79 Å². The molecular formula is C13H19NO4. The number of hydrogen-bond acceptors (Lipinski definition) is 5. The van der Waals surface area contributed by atoms with Crippen molar-refractivity contribution in [2.75, 3.05) is 28.4 Å². The van der Waals surface area contributed by atoms with Crippen LogP contribution in [0.2, 0.25) is 0 Å². The van der Waals surface area contributed by atoms with E-state index in [0.717, 1.165) is 11.1 Å². The van der Waals surface area contributed by atoms with Crippen LogP contribution in [0, 0.1) is 6.92 Å². The first kappa shape index (κ1) is 14.3. The molecule has 0 fully saturated rings. The van der Waals surface area contributed by atoms with Crippen molar-refractivity contribution in [2.24, 2.45) is 0 Å². The minimum atomic E-state index is -0.559. The van der Waals surface area contributed by atoms with E-state index in [-0.39, 0.29) is 5.97 Å². The summed E-state index contributed by atoms with van der Waals surface area (Å²) in [6.07, 6.45) is 0. The Bertz CT molecular complexity index is 431. The summed E-state index contributed by atoms with van der Waals surface area (Å²) in [5, 5.41) is 2.93. The summed E-state index contributed by atoms with van der Waals surface area (Å²) in [5.74, 6) is 0.925. The molecule has 0 saturated carbocycles. The van der Waals surface area contributed by atoms with Gasteiger partial charge in [0.15, 0.2) is 0 Å². The second kappa shape index (κ2) is 6.26. The van der Waals surface area contributed by atoms with E-state index in [2.05, 4.69) is 5.32 Å². The van der Waals surface area contributed by atoms with Gasteiger partial charge in [-0.3, -0.25) is 0 Å². The minimum absolute atomic E-state index is 0.357. The number of hydrogen-bond donors (Lipinski definition) is 1. The molecule has 0 radical (unpaired) electrons. The third-order valence-corrected chi connectivity index (χ3v) is 2.79. The molecule has 0 aliphatic heterocycles. The summed E-state index contributed by atoms with van der Waals surface area (Å²) in [4.78, 5) is 11.7. The number of nitrogens with one attached hydrogen (secondary N) is 1. The van der Waals surface area contributed by atoms with Gasteiger partial charge in [-0.2, -0.15) is 0 Å². The Morgan fingerprint density at radius 2 is 1.89 bits per heavy atom. The molecular weight excluding hydrogens is 234 g/mol. The number of likely N-dealkylation sites (N-methyl/N-ethyl adjacent to an activating group) is 1. The van der Waals surface area contributed by atoms with Crippen LogP contribution in [-0.4, -0.2) is 34.3 Å². The average Bonchev–Trinajstić information content (AvgIpc) is 2.40. The normalized spacial score (nSPS) is 11.8. The Labute approximate surface area is 107 Å². The maximum atomic E-state index is 11.7. The second-order valence-corrected chi connectivity index (χ2v) is 3.81. The molecule has 5 nitrogen and oxygen atoms in total. The third kappa shape index (κ3) is 2.73. The summed E-state index contributed by atoms with van der Waals surface area (Å²) < 4.78 is 15.3. The number of carbonyl (C=O) groups is 1. The van der Waals surface area contributed by atoms with E-state index in [4.69, 9.17) is 14.2 Å². The summed E-state index contributed by atoms with van der Waals surface area (Å²) in [5.41, 5.74) is 1.66. The maximum absolute atomic E-state index is 11.7. The van der Waals surface area contributed by atoms with E-state index in [0.29, 0.717) is 11.5 Å². The van der Waals surface area contributed by atoms with Gasteiger partial charge in [0.25, 0.3) is 0 Å². The molecule has 0 heterocycles. The average molecular weight is 253 g/mol. The zero-order valence-corrected chi connectivity index (χ0v) is 11.4. The number of rotatable bonds is 5. The topological polar surface area (TPSA) is 56.8 Å². The number of esters is 1. The summed E-state index contributed by atoms with van der Waals surface area (Å²) in [7, 11) is 6.20. The first-order valence-corrected chi connectivity index (χ1v) is 5.56. The van der Waals surface area contributed by atoms with Gasteiger partial charge in [0, 0.05) is 11.6 Å². The number of ether oxygens (including phenoxy) is 3. The lowest BCUT2D eigenvalue weighted by molar-refractivity contribution is -0.143. The number of benzene rings is 1. The van der Waals surface area contributed by atoms with Gasteiger partial charge < -0.3 is 19.5 Å². The first-order valence-electron chi connectivity index (χ1n) is 5.56. The highest BCUT2D eigenvalue weighted by Crippen LogP contribution is 2.33. The van der Waals surface area contributed by atoms with Crippen LogP contribution in [-0.2, 0) is 9.53 Å². The van der Waals surface area contributed by atoms with Crippen molar-refractivity contribution in [2.45, 2.75) is 13.0 Å². The molecule has 1 rings (SSSR count). The lowest BCUT2D eigenvalue weighted by atomic mass is 9.99. The van der Waals surface area contributed by atoms with Crippen LogP contribution < -0.4 is 14.8 Å². The lowest BCUT2D eigenvalue weighted by Gasteiger charge is -2.20. The van der Waals surface area contributed by atoms with Gasteiger partial charge >= 0.3 is 5.97 Å². The Morgan fingerprint density at radius 1 is 1.22 bits per heavy atom. The molecule has 0 bridgehead atoms. The quantitative estimate of drug-likeness (QED) is 0.805. The fourth-order valence-corrected chi connectivity index (χ4v) is 1.89. The van der Waals surface area contributed by atoms with E-state index in [1.165, 1.54) is 7.11 Å². The Balaban J connectivity index is 3.32. The van der Waals surface area contributed by atoms with Crippen molar-refractivity contribution in [3.63, 3.8) is 0 Å². The van der Waals surface area contributed by atoms with E-state index >= 15 is 0 Å². The molecule has 0 aromatic heterocycles. The highest BCUT2D eigenvalue weighted by atomic mass is 16.5. The fraction of sp³-hybridized carbons (Fsp3) is 0.462. The van der Waals surface area contributed by atoms with Gasteiger partial charge in [-0.1, -0.05) is 0 Å². The van der Waals surface area contributed by atoms with Crippen molar-refractivity contribution in [1.29, 1.82) is 0 Å². The number of methoxy groups -OCH3 is 3. The zero-order chi connectivity index (χ0) is 13.7. The van der Waals surface area contributed by atoms with Crippen molar-refractivity contribution >= 4 is 5.97 Å². The number of carbonyl (C=O) groups excluding carboxylic acids is 1. The standard InChI is InChI=1S/C13H19NO4/c1-8-6-9(16-3)7-10(17-4)11(8)12(14-2)13(15)18-5/h6-7,12,14H,1-5H3. The minimum Gasteiger partial charge on any atom is -0.497 e. The van der Waals surface area contributed by atoms with Gasteiger partial charge in [0.2, 0.25) is 0 Å². The predicted octanol–water partition coefficient (Wildman–Crippen LogP) is 1.45. The van der Waals surface area contributed by atoms with Gasteiger partial charge in [0.05, 0.1) is 21.3 Å². The van der Waals surface area contributed by atoms with E-state index < -0.39 is 6.04 Å². The lowest BCUT2D eigenvalue weighted by Crippen LogP contribution is -2.27. The molecule has 1 unspecified atom stereocenters. The molecule has 100 valence electrons. The highest BCUT2D eigenvalue weighted by Gasteiger charge is 2.25. The maximum Gasteiger partial charge on any atom is 0.327 e. The monoisotopic (exact) mass is 253 g/mol. The third-order valence-electron chi connectivity index (χ3n) is 2.79. The molecule has 1 atom stereocenters. The van der Waals surface area contributed by atoms with Crippen LogP contribution in [0.4, 0.5) is 0 Å². The molecule has 1 aromatic carbocycles. The van der Waals surface area contributed by atoms with Crippen LogP contribution in [0.3, 0.4) is 0 Å². The van der Waals surface area contributed by atoms with Crippen LogP contribution in [0.25, 0.3) is 0 Å². The molecule has 1 N–H and O–H groups in total. The second-order valence-electron chi connectivity index (χ2n) is 3.81. The van der Waals surface area contributed by atoms with Gasteiger partial charge in [-0.05, 0) is 25.6 Å². The molecule has 0 aliphatic rings. The summed E-state index contributed by atoms with van der Waals surface area (Å²) in [6, 6.07) is 3.04. The van der Waals surface area contributed by atoms with Crippen molar-refractivity contribution in [3.05, 3.63) is 23.3 Å². The predicted molar refractivity (Wildman–Crippen MR) is 68.1 cm³/mol. The zero-order valence-electron chi connectivity index (χ0n) is 11.4. The van der Waals surface area contributed by atoms with E-state index in [1.807, 2.05) is 13.0 Å². The SMILES string of the molecule is CNC(C(=O)OC)c1c(C)cc(OC)cc1OC. The van der Waals surface area contributed by atoms with Crippen molar-refractivity contribution in [3.8, 4) is 11.5 Å². The largest absolute Gasteiger partial charge is 0.497 e. The molecule has 0 amide bonds. The van der Waals surface area contributed by atoms with Crippen LogP contribution in [0.15, 0.2) is 12.1 Å². The fourth-order valence-electron chi connectivity index (χ4n) is 1.89. The van der Waals surface area contributed by atoms with Crippen LogP contribution in [0.5, 0.6) is 11.5 Å². The Hall–Kier alpha value is -1.75. The molecule has 0 spiro atoms. The van der Waals surface area contributed by atoms with Crippen LogP contribution in [0.1, 0.15) is 17.2 Å². The summed E-state index contributed by atoms with van der Waals surface area (Å²) in [6.45, 7) is 1.90. The van der Waals surface area contributed by atoms with Gasteiger partial charge in [-0.15, -0.1) is 0 Å². The van der Waals surface area contributed by atoms with Gasteiger partial charge in [0.1, 0.15) is 17.5 Å². The smallest absolute Gasteiger partial charge is 0.327 e.